The molecule has 2 aromatic carbocycles. The molecule has 34 heavy (non-hydrogen) atoms. The SMILES string of the molecule is CC(C)(N)c1ccc(S(=O)(=O)N2[C@@H]3CC[C@H]2C[C@@H](NC(=O)c2ccc4c(c2)CC(=O)N4)C3)cc1. The molecule has 9 heteroatoms. The van der Waals surface area contributed by atoms with E-state index in [1.54, 1.807) is 46.8 Å². The number of sulfonamides is 1. The van der Waals surface area contributed by atoms with Crippen molar-refractivity contribution in [3.63, 3.8) is 0 Å². The Balaban J connectivity index is 1.28. The Labute approximate surface area is 199 Å². The largest absolute Gasteiger partial charge is 0.349 e. The fourth-order valence-corrected chi connectivity index (χ4v) is 7.35. The molecule has 4 N–H and O–H groups in total. The number of piperidine rings is 1. The lowest BCUT2D eigenvalue weighted by Crippen LogP contribution is -2.52. The van der Waals surface area contributed by atoms with E-state index in [9.17, 15) is 18.0 Å². The van der Waals surface area contributed by atoms with E-state index < -0.39 is 15.6 Å². The van der Waals surface area contributed by atoms with Crippen LogP contribution in [0, 0.1) is 0 Å². The molecule has 2 amide bonds. The molecule has 2 bridgehead atoms. The molecule has 3 aliphatic heterocycles. The zero-order chi connectivity index (χ0) is 24.3. The highest BCUT2D eigenvalue weighted by Crippen LogP contribution is 2.40. The number of benzene rings is 2. The maximum absolute atomic E-state index is 13.5. The van der Waals surface area contributed by atoms with E-state index in [4.69, 9.17) is 5.73 Å². The van der Waals surface area contributed by atoms with Gasteiger partial charge in [-0.2, -0.15) is 4.31 Å². The minimum atomic E-state index is -3.64. The van der Waals surface area contributed by atoms with Crippen molar-refractivity contribution in [1.29, 1.82) is 0 Å². The lowest BCUT2D eigenvalue weighted by atomic mass is 9.96. The first-order valence-electron chi connectivity index (χ1n) is 11.7. The Hall–Kier alpha value is -2.75. The molecular weight excluding hydrogens is 452 g/mol. The van der Waals surface area contributed by atoms with Crippen LogP contribution >= 0.6 is 0 Å². The van der Waals surface area contributed by atoms with Crippen LogP contribution < -0.4 is 16.4 Å². The quantitative estimate of drug-likeness (QED) is 0.605. The van der Waals surface area contributed by atoms with E-state index in [1.165, 1.54) is 0 Å². The third kappa shape index (κ3) is 4.12. The summed E-state index contributed by atoms with van der Waals surface area (Å²) in [5.41, 5.74) is 8.56. The van der Waals surface area contributed by atoms with E-state index in [1.807, 2.05) is 13.8 Å². The fourth-order valence-electron chi connectivity index (χ4n) is 5.46. The fraction of sp³-hybridized carbons (Fsp3) is 0.440. The molecule has 0 spiro atoms. The van der Waals surface area contributed by atoms with Gasteiger partial charge in [0.2, 0.25) is 15.9 Å². The van der Waals surface area contributed by atoms with Crippen molar-refractivity contribution in [1.82, 2.24) is 9.62 Å². The minimum absolute atomic E-state index is 0.0703. The number of hydrogen-bond donors (Lipinski definition) is 3. The second kappa shape index (κ2) is 8.18. The lowest BCUT2D eigenvalue weighted by Gasteiger charge is -2.38. The third-order valence-electron chi connectivity index (χ3n) is 7.17. The molecule has 3 aliphatic rings. The summed E-state index contributed by atoms with van der Waals surface area (Å²) in [5, 5.41) is 5.86. The minimum Gasteiger partial charge on any atom is -0.349 e. The van der Waals surface area contributed by atoms with Crippen LogP contribution in [0.15, 0.2) is 47.4 Å². The Morgan fingerprint density at radius 3 is 2.35 bits per heavy atom. The molecule has 8 nitrogen and oxygen atoms in total. The number of nitrogens with zero attached hydrogens (tertiary/aromatic N) is 1. The van der Waals surface area contributed by atoms with Crippen LogP contribution in [0.2, 0.25) is 0 Å². The van der Waals surface area contributed by atoms with Crippen LogP contribution in [0.4, 0.5) is 5.69 Å². The van der Waals surface area contributed by atoms with Crippen molar-refractivity contribution in [2.75, 3.05) is 5.32 Å². The molecule has 0 unspecified atom stereocenters. The van der Waals surface area contributed by atoms with Gasteiger partial charge in [0, 0.05) is 34.9 Å². The van der Waals surface area contributed by atoms with Crippen molar-refractivity contribution in [3.05, 3.63) is 59.2 Å². The van der Waals surface area contributed by atoms with Crippen LogP contribution in [-0.2, 0) is 26.8 Å². The molecule has 0 aromatic heterocycles. The second-order valence-corrected chi connectivity index (χ2v) is 12.0. The highest BCUT2D eigenvalue weighted by Gasteiger charge is 2.47. The molecule has 2 saturated heterocycles. The van der Waals surface area contributed by atoms with E-state index >= 15 is 0 Å². The summed E-state index contributed by atoms with van der Waals surface area (Å²) in [7, 11) is -3.64. The van der Waals surface area contributed by atoms with Gasteiger partial charge in [0.1, 0.15) is 0 Å². The summed E-state index contributed by atoms with van der Waals surface area (Å²) in [5.74, 6) is -0.262. The summed E-state index contributed by atoms with van der Waals surface area (Å²) < 4.78 is 28.6. The topological polar surface area (TPSA) is 122 Å². The number of fused-ring (bicyclic) bond motifs is 3. The van der Waals surface area contributed by atoms with Crippen LogP contribution in [0.1, 0.15) is 61.0 Å². The Morgan fingerprint density at radius 1 is 1.09 bits per heavy atom. The lowest BCUT2D eigenvalue weighted by molar-refractivity contribution is -0.115. The monoisotopic (exact) mass is 482 g/mol. The number of rotatable bonds is 5. The first-order chi connectivity index (χ1) is 16.0. The zero-order valence-corrected chi connectivity index (χ0v) is 20.2. The summed E-state index contributed by atoms with van der Waals surface area (Å²) >= 11 is 0. The number of anilines is 1. The molecular formula is C25H30N4O4S. The van der Waals surface area contributed by atoms with Crippen LogP contribution in [0.5, 0.6) is 0 Å². The van der Waals surface area contributed by atoms with Gasteiger partial charge in [-0.1, -0.05) is 12.1 Å². The van der Waals surface area contributed by atoms with Crippen molar-refractivity contribution < 1.29 is 18.0 Å². The van der Waals surface area contributed by atoms with Gasteiger partial charge in [-0.05, 0) is 81.0 Å². The van der Waals surface area contributed by atoms with Gasteiger partial charge in [0.25, 0.3) is 5.91 Å². The molecule has 2 aromatic rings. The summed E-state index contributed by atoms with van der Waals surface area (Å²) in [6, 6.07) is 11.7. The molecule has 0 saturated carbocycles. The summed E-state index contributed by atoms with van der Waals surface area (Å²) in [4.78, 5) is 24.7. The smallest absolute Gasteiger partial charge is 0.251 e. The van der Waals surface area contributed by atoms with E-state index in [2.05, 4.69) is 10.6 Å². The maximum Gasteiger partial charge on any atom is 0.251 e. The van der Waals surface area contributed by atoms with Crippen LogP contribution in [-0.4, -0.2) is 42.7 Å². The normalized spacial score (nSPS) is 24.6. The van der Waals surface area contributed by atoms with Gasteiger partial charge >= 0.3 is 0 Å². The average molecular weight is 483 g/mol. The van der Waals surface area contributed by atoms with Crippen LogP contribution in [0.25, 0.3) is 0 Å². The standard InChI is InChI=1S/C25H30N4O4S/c1-25(2,26)17-4-8-21(9-5-17)34(32,33)29-19-6-7-20(29)14-18(13-19)27-24(31)15-3-10-22-16(11-15)12-23(30)28-22/h3-5,8-11,18-20H,6-7,12-14,26H2,1-2H3,(H,27,31)(H,28,30)/t18-,19+,20-. The van der Waals surface area contributed by atoms with Gasteiger partial charge in [-0.15, -0.1) is 0 Å². The predicted octanol–water partition coefficient (Wildman–Crippen LogP) is 2.49. The molecule has 2 fully saturated rings. The Bertz CT molecular complexity index is 1240. The van der Waals surface area contributed by atoms with Gasteiger partial charge < -0.3 is 16.4 Å². The van der Waals surface area contributed by atoms with E-state index in [0.29, 0.717) is 18.4 Å². The second-order valence-electron chi connectivity index (χ2n) is 10.2. The van der Waals surface area contributed by atoms with Crippen molar-refractivity contribution in [2.45, 2.75) is 74.5 Å². The summed E-state index contributed by atoms with van der Waals surface area (Å²) in [6.45, 7) is 3.77. The molecule has 180 valence electrons. The van der Waals surface area contributed by atoms with Gasteiger partial charge in [0.05, 0.1) is 11.3 Å². The van der Waals surface area contributed by atoms with Gasteiger partial charge in [-0.25, -0.2) is 8.42 Å². The molecule has 3 heterocycles. The third-order valence-corrected chi connectivity index (χ3v) is 9.19. The number of nitrogens with two attached hydrogens (primary N) is 1. The highest BCUT2D eigenvalue weighted by atomic mass is 32.2. The van der Waals surface area contributed by atoms with E-state index in [0.717, 1.165) is 29.7 Å². The molecule has 0 radical (unpaired) electrons. The number of amides is 2. The highest BCUT2D eigenvalue weighted by molar-refractivity contribution is 7.89. The van der Waals surface area contributed by atoms with E-state index in [-0.39, 0.29) is 41.3 Å². The number of nitrogens with one attached hydrogen (secondary N) is 2. The number of hydrogen-bond acceptors (Lipinski definition) is 5. The van der Waals surface area contributed by atoms with Crippen molar-refractivity contribution in [3.8, 4) is 0 Å². The van der Waals surface area contributed by atoms with Gasteiger partial charge in [-0.3, -0.25) is 9.59 Å². The zero-order valence-electron chi connectivity index (χ0n) is 19.4. The van der Waals surface area contributed by atoms with Crippen molar-refractivity contribution >= 4 is 27.5 Å². The first-order valence-corrected chi connectivity index (χ1v) is 13.1. The molecule has 0 aliphatic carbocycles. The van der Waals surface area contributed by atoms with Gasteiger partial charge in [0.15, 0.2) is 0 Å². The van der Waals surface area contributed by atoms with Crippen LogP contribution in [0.3, 0.4) is 0 Å². The maximum atomic E-state index is 13.5. The average Bonchev–Trinajstić information content (AvgIpc) is 3.29. The predicted molar refractivity (Wildman–Crippen MR) is 129 cm³/mol. The Morgan fingerprint density at radius 2 is 1.74 bits per heavy atom. The molecule has 3 atom stereocenters. The van der Waals surface area contributed by atoms with Crippen molar-refractivity contribution in [2.24, 2.45) is 5.73 Å². The summed E-state index contributed by atoms with van der Waals surface area (Å²) in [6.07, 6.45) is 3.02. The first kappa shape index (κ1) is 23.0. The Kier molecular flexibility index (Phi) is 5.54. The number of carbonyl (C=O) groups excluding carboxylic acids is 2. The number of carbonyl (C=O) groups is 2. The molecule has 5 rings (SSSR count).